The summed E-state index contributed by atoms with van der Waals surface area (Å²) in [6.45, 7) is -0.0857. The summed E-state index contributed by atoms with van der Waals surface area (Å²) in [5.41, 5.74) is 2.20. The molecule has 0 fully saturated rings. The molecule has 2 heterocycles. The Bertz CT molecular complexity index is 1040. The topological polar surface area (TPSA) is 117 Å². The van der Waals surface area contributed by atoms with Crippen LogP contribution in [0.4, 0.5) is 0 Å². The Labute approximate surface area is 154 Å². The molecule has 0 unspecified atom stereocenters. The van der Waals surface area contributed by atoms with Gasteiger partial charge in [0.2, 0.25) is 11.8 Å². The standard InChI is InChI=1S/C19H18N4O4/c24-11-5-9-17(25)22-21-12-15-13-6-1-2-7-14(13)18(26)23(19(15)27)16-8-3-4-10-20-16/h1-4,6-8,10,12,24,27H,5,9,11H2,(H,22,25)/b21-12+. The van der Waals surface area contributed by atoms with Gasteiger partial charge in [-0.1, -0.05) is 24.3 Å². The molecule has 0 saturated heterocycles. The molecule has 0 saturated carbocycles. The molecule has 8 heteroatoms. The zero-order valence-corrected chi connectivity index (χ0v) is 14.4. The number of hydrazone groups is 1. The molecule has 2 aromatic heterocycles. The monoisotopic (exact) mass is 366 g/mol. The van der Waals surface area contributed by atoms with Crippen LogP contribution >= 0.6 is 0 Å². The van der Waals surface area contributed by atoms with Crippen LogP contribution in [0.5, 0.6) is 5.88 Å². The summed E-state index contributed by atoms with van der Waals surface area (Å²) in [7, 11) is 0. The summed E-state index contributed by atoms with van der Waals surface area (Å²) in [5.74, 6) is -0.416. The van der Waals surface area contributed by atoms with Crippen LogP contribution in [0.25, 0.3) is 16.6 Å². The molecule has 0 radical (unpaired) electrons. The first-order valence-corrected chi connectivity index (χ1v) is 8.34. The minimum absolute atomic E-state index is 0.0857. The molecular formula is C19H18N4O4. The predicted octanol–water partition coefficient (Wildman–Crippen LogP) is 1.31. The van der Waals surface area contributed by atoms with E-state index in [4.69, 9.17) is 5.11 Å². The van der Waals surface area contributed by atoms with Crippen LogP contribution in [0.15, 0.2) is 58.6 Å². The molecule has 0 bridgehead atoms. The molecule has 138 valence electrons. The van der Waals surface area contributed by atoms with E-state index in [9.17, 15) is 14.7 Å². The van der Waals surface area contributed by atoms with Gasteiger partial charge in [-0.05, 0) is 24.6 Å². The van der Waals surface area contributed by atoms with Crippen molar-refractivity contribution in [1.82, 2.24) is 15.0 Å². The van der Waals surface area contributed by atoms with E-state index in [1.54, 1.807) is 42.5 Å². The summed E-state index contributed by atoms with van der Waals surface area (Å²) in [5, 5.41) is 24.2. The lowest BCUT2D eigenvalue weighted by atomic mass is 10.1. The molecule has 1 aromatic carbocycles. The number of benzene rings is 1. The van der Waals surface area contributed by atoms with Crippen molar-refractivity contribution in [2.24, 2.45) is 5.10 Å². The Morgan fingerprint density at radius 1 is 1.19 bits per heavy atom. The minimum Gasteiger partial charge on any atom is -0.494 e. The van der Waals surface area contributed by atoms with Crippen LogP contribution in [-0.4, -0.2) is 38.5 Å². The van der Waals surface area contributed by atoms with Crippen LogP contribution in [0.2, 0.25) is 0 Å². The second-order valence-electron chi connectivity index (χ2n) is 5.73. The Balaban J connectivity index is 2.09. The van der Waals surface area contributed by atoms with Gasteiger partial charge in [-0.25, -0.2) is 15.0 Å². The van der Waals surface area contributed by atoms with E-state index >= 15 is 0 Å². The molecule has 0 aliphatic rings. The van der Waals surface area contributed by atoms with Crippen molar-refractivity contribution < 1.29 is 15.0 Å². The zero-order chi connectivity index (χ0) is 19.2. The Morgan fingerprint density at radius 2 is 1.93 bits per heavy atom. The van der Waals surface area contributed by atoms with E-state index in [1.165, 1.54) is 12.4 Å². The number of aromatic nitrogens is 2. The van der Waals surface area contributed by atoms with Gasteiger partial charge in [0, 0.05) is 30.0 Å². The van der Waals surface area contributed by atoms with Crippen LogP contribution in [0, 0.1) is 0 Å². The molecule has 0 atom stereocenters. The highest BCUT2D eigenvalue weighted by Gasteiger charge is 2.16. The number of amides is 1. The smallest absolute Gasteiger partial charge is 0.267 e. The lowest BCUT2D eigenvalue weighted by Gasteiger charge is -2.12. The highest BCUT2D eigenvalue weighted by molar-refractivity contribution is 6.01. The van der Waals surface area contributed by atoms with E-state index in [1.807, 2.05) is 0 Å². The lowest BCUT2D eigenvalue weighted by molar-refractivity contribution is -0.121. The van der Waals surface area contributed by atoms with Crippen LogP contribution in [0.1, 0.15) is 18.4 Å². The second kappa shape index (κ2) is 8.24. The summed E-state index contributed by atoms with van der Waals surface area (Å²) >= 11 is 0. The number of carbonyl (C=O) groups excluding carboxylic acids is 1. The average molecular weight is 366 g/mol. The maximum Gasteiger partial charge on any atom is 0.267 e. The van der Waals surface area contributed by atoms with Crippen molar-refractivity contribution in [3.8, 4) is 11.7 Å². The minimum atomic E-state index is -0.411. The fourth-order valence-electron chi connectivity index (χ4n) is 2.65. The zero-order valence-electron chi connectivity index (χ0n) is 14.4. The number of aliphatic hydroxyl groups excluding tert-OH is 1. The van der Waals surface area contributed by atoms with E-state index in [0.717, 1.165) is 4.57 Å². The molecule has 0 aliphatic carbocycles. The van der Waals surface area contributed by atoms with E-state index in [0.29, 0.717) is 17.2 Å². The van der Waals surface area contributed by atoms with Crippen molar-refractivity contribution in [1.29, 1.82) is 0 Å². The third kappa shape index (κ3) is 3.85. The average Bonchev–Trinajstić information content (AvgIpc) is 2.70. The van der Waals surface area contributed by atoms with Gasteiger partial charge in [-0.15, -0.1) is 0 Å². The van der Waals surface area contributed by atoms with Crippen LogP contribution < -0.4 is 11.0 Å². The molecular weight excluding hydrogens is 348 g/mol. The normalized spacial score (nSPS) is 11.1. The van der Waals surface area contributed by atoms with Crippen LogP contribution in [-0.2, 0) is 4.79 Å². The SMILES string of the molecule is O=C(CCCO)N/N=C/c1c(O)n(-c2ccccn2)c(=O)c2ccccc12. The fourth-order valence-corrected chi connectivity index (χ4v) is 2.65. The highest BCUT2D eigenvalue weighted by atomic mass is 16.3. The maximum absolute atomic E-state index is 12.8. The largest absolute Gasteiger partial charge is 0.494 e. The number of carbonyl (C=O) groups is 1. The van der Waals surface area contributed by atoms with E-state index in [-0.39, 0.29) is 36.2 Å². The fraction of sp³-hybridized carbons (Fsp3) is 0.158. The third-order valence-corrected chi connectivity index (χ3v) is 3.93. The summed E-state index contributed by atoms with van der Waals surface area (Å²) in [6.07, 6.45) is 3.27. The quantitative estimate of drug-likeness (QED) is 0.449. The third-order valence-electron chi connectivity index (χ3n) is 3.93. The number of aromatic hydroxyl groups is 1. The number of nitrogens with zero attached hydrogens (tertiary/aromatic N) is 3. The first kappa shape index (κ1) is 18.3. The molecule has 1 amide bonds. The van der Waals surface area contributed by atoms with Gasteiger partial charge in [0.15, 0.2) is 0 Å². The molecule has 3 rings (SSSR count). The molecule has 3 N–H and O–H groups in total. The van der Waals surface area contributed by atoms with Crippen molar-refractivity contribution >= 4 is 22.9 Å². The van der Waals surface area contributed by atoms with Crippen LogP contribution in [0.3, 0.4) is 0 Å². The number of pyridine rings is 2. The lowest BCUT2D eigenvalue weighted by Crippen LogP contribution is -2.21. The molecule has 27 heavy (non-hydrogen) atoms. The molecule has 0 aliphatic heterocycles. The van der Waals surface area contributed by atoms with Crippen molar-refractivity contribution in [2.45, 2.75) is 12.8 Å². The number of hydrogen-bond acceptors (Lipinski definition) is 6. The summed E-state index contributed by atoms with van der Waals surface area (Å²) in [4.78, 5) is 28.6. The van der Waals surface area contributed by atoms with Gasteiger partial charge in [-0.3, -0.25) is 9.59 Å². The van der Waals surface area contributed by atoms with Crippen molar-refractivity contribution in [2.75, 3.05) is 6.61 Å². The maximum atomic E-state index is 12.8. The molecule has 3 aromatic rings. The van der Waals surface area contributed by atoms with E-state index in [2.05, 4.69) is 15.5 Å². The number of aliphatic hydroxyl groups is 1. The van der Waals surface area contributed by atoms with Gasteiger partial charge in [-0.2, -0.15) is 5.10 Å². The molecule has 8 nitrogen and oxygen atoms in total. The summed E-state index contributed by atoms with van der Waals surface area (Å²) < 4.78 is 1.09. The Kier molecular flexibility index (Phi) is 5.58. The van der Waals surface area contributed by atoms with Crippen molar-refractivity contribution in [3.63, 3.8) is 0 Å². The number of nitrogens with one attached hydrogen (secondary N) is 1. The first-order chi connectivity index (χ1) is 13.1. The first-order valence-electron chi connectivity index (χ1n) is 8.34. The van der Waals surface area contributed by atoms with Gasteiger partial charge in [0.25, 0.3) is 5.56 Å². The van der Waals surface area contributed by atoms with Gasteiger partial charge in [0.1, 0.15) is 5.82 Å². The highest BCUT2D eigenvalue weighted by Crippen LogP contribution is 2.24. The summed E-state index contributed by atoms with van der Waals surface area (Å²) in [6, 6.07) is 11.8. The number of fused-ring (bicyclic) bond motifs is 1. The Morgan fingerprint density at radius 3 is 2.63 bits per heavy atom. The van der Waals surface area contributed by atoms with Gasteiger partial charge < -0.3 is 10.2 Å². The van der Waals surface area contributed by atoms with Gasteiger partial charge >= 0.3 is 0 Å². The number of hydrogen-bond donors (Lipinski definition) is 3. The molecule has 0 spiro atoms. The number of rotatable bonds is 6. The second-order valence-corrected chi connectivity index (χ2v) is 5.73. The Hall–Kier alpha value is -3.52. The predicted molar refractivity (Wildman–Crippen MR) is 101 cm³/mol. The van der Waals surface area contributed by atoms with Gasteiger partial charge in [0.05, 0.1) is 11.8 Å². The van der Waals surface area contributed by atoms with Crippen molar-refractivity contribution in [3.05, 3.63) is 64.6 Å². The van der Waals surface area contributed by atoms with E-state index < -0.39 is 5.56 Å².